The van der Waals surface area contributed by atoms with E-state index in [1.807, 2.05) is 0 Å². The highest BCUT2D eigenvalue weighted by molar-refractivity contribution is 7.89. The zero-order valence-electron chi connectivity index (χ0n) is 15.7. The molecule has 0 saturated carbocycles. The van der Waals surface area contributed by atoms with Crippen LogP contribution in [0.3, 0.4) is 0 Å². The van der Waals surface area contributed by atoms with Crippen molar-refractivity contribution in [2.75, 3.05) is 5.32 Å². The number of benzene rings is 2. The average molecular weight is 470 g/mol. The molecule has 2 aromatic carbocycles. The van der Waals surface area contributed by atoms with Gasteiger partial charge in [0.2, 0.25) is 15.9 Å². The predicted octanol–water partition coefficient (Wildman–Crippen LogP) is 4.25. The number of anilines is 1. The first-order chi connectivity index (χ1) is 14.4. The van der Waals surface area contributed by atoms with Gasteiger partial charge in [0.15, 0.2) is 0 Å². The molecule has 0 fully saturated rings. The largest absolute Gasteiger partial charge is 0.416 e. The van der Waals surface area contributed by atoms with Crippen molar-refractivity contribution in [2.24, 2.45) is 5.14 Å². The van der Waals surface area contributed by atoms with Gasteiger partial charge in [-0.25, -0.2) is 18.5 Å². The normalized spacial score (nSPS) is 11.9. The number of pyridine rings is 1. The van der Waals surface area contributed by atoms with E-state index in [0.717, 1.165) is 12.1 Å². The minimum Gasteiger partial charge on any atom is -0.326 e. The first-order valence-corrected chi connectivity index (χ1v) is 10.6. The van der Waals surface area contributed by atoms with Crippen molar-refractivity contribution in [3.05, 3.63) is 77.1 Å². The standard InChI is InChI=1S/C20H15ClF3N3O3S/c21-18-8-5-13(11-26-18)15-7-6-14(10-17(15)31(25,29)30)27-19(28)9-12-3-1-2-4-16(12)20(22,23)24/h1-8,10-11H,9H2,(H,27,28)(H2,25,29,30). The number of sulfonamides is 1. The van der Waals surface area contributed by atoms with Crippen LogP contribution in [0.2, 0.25) is 5.15 Å². The van der Waals surface area contributed by atoms with Gasteiger partial charge >= 0.3 is 6.18 Å². The van der Waals surface area contributed by atoms with Crippen molar-refractivity contribution in [1.82, 2.24) is 4.98 Å². The maximum atomic E-state index is 13.1. The lowest BCUT2D eigenvalue weighted by molar-refractivity contribution is -0.138. The van der Waals surface area contributed by atoms with Crippen LogP contribution in [0.15, 0.2) is 65.7 Å². The molecule has 3 N–H and O–H groups in total. The molecule has 0 atom stereocenters. The fraction of sp³-hybridized carbons (Fsp3) is 0.100. The van der Waals surface area contributed by atoms with Gasteiger partial charge in [0.25, 0.3) is 0 Å². The average Bonchev–Trinajstić information content (AvgIpc) is 2.67. The van der Waals surface area contributed by atoms with Crippen molar-refractivity contribution >= 4 is 33.2 Å². The molecule has 11 heteroatoms. The number of nitrogens with zero attached hydrogens (tertiary/aromatic N) is 1. The Morgan fingerprint density at radius 1 is 1.10 bits per heavy atom. The number of primary sulfonamides is 1. The summed E-state index contributed by atoms with van der Waals surface area (Å²) in [4.78, 5) is 15.9. The maximum Gasteiger partial charge on any atom is 0.416 e. The van der Waals surface area contributed by atoms with Crippen LogP contribution in [0.1, 0.15) is 11.1 Å². The van der Waals surface area contributed by atoms with E-state index in [0.29, 0.717) is 5.56 Å². The van der Waals surface area contributed by atoms with E-state index in [-0.39, 0.29) is 26.9 Å². The van der Waals surface area contributed by atoms with Crippen molar-refractivity contribution in [3.63, 3.8) is 0 Å². The third-order valence-corrected chi connectivity index (χ3v) is 5.46. The third kappa shape index (κ3) is 5.60. The van der Waals surface area contributed by atoms with E-state index >= 15 is 0 Å². The molecule has 31 heavy (non-hydrogen) atoms. The highest BCUT2D eigenvalue weighted by Gasteiger charge is 2.33. The Balaban J connectivity index is 1.89. The highest BCUT2D eigenvalue weighted by atomic mass is 35.5. The summed E-state index contributed by atoms with van der Waals surface area (Å²) in [6.45, 7) is 0. The summed E-state index contributed by atoms with van der Waals surface area (Å²) in [7, 11) is -4.20. The number of carbonyl (C=O) groups excluding carboxylic acids is 1. The second kappa shape index (κ2) is 8.66. The van der Waals surface area contributed by atoms with Crippen LogP contribution in [-0.4, -0.2) is 19.3 Å². The van der Waals surface area contributed by atoms with E-state index in [1.165, 1.54) is 42.6 Å². The van der Waals surface area contributed by atoms with Gasteiger partial charge in [-0.15, -0.1) is 0 Å². The molecule has 0 saturated heterocycles. The molecule has 6 nitrogen and oxygen atoms in total. The molecule has 0 bridgehead atoms. The zero-order valence-corrected chi connectivity index (χ0v) is 17.2. The van der Waals surface area contributed by atoms with Crippen molar-refractivity contribution in [3.8, 4) is 11.1 Å². The summed E-state index contributed by atoms with van der Waals surface area (Å²) in [5.74, 6) is -0.752. The Morgan fingerprint density at radius 3 is 2.42 bits per heavy atom. The Hall–Kier alpha value is -2.95. The summed E-state index contributed by atoms with van der Waals surface area (Å²) in [6, 6.07) is 11.7. The van der Waals surface area contributed by atoms with Crippen molar-refractivity contribution in [2.45, 2.75) is 17.5 Å². The number of aromatic nitrogens is 1. The minimum atomic E-state index is -4.61. The van der Waals surface area contributed by atoms with Gasteiger partial charge in [-0.2, -0.15) is 13.2 Å². The highest BCUT2D eigenvalue weighted by Crippen LogP contribution is 2.33. The number of carbonyl (C=O) groups is 1. The van der Waals surface area contributed by atoms with E-state index in [2.05, 4.69) is 10.3 Å². The summed E-state index contributed by atoms with van der Waals surface area (Å²) in [5.41, 5.74) is -0.411. The number of alkyl halides is 3. The fourth-order valence-corrected chi connectivity index (χ4v) is 3.83. The van der Waals surface area contributed by atoms with Crippen molar-refractivity contribution in [1.29, 1.82) is 0 Å². The van der Waals surface area contributed by atoms with Crippen molar-refractivity contribution < 1.29 is 26.4 Å². The van der Waals surface area contributed by atoms with E-state index in [9.17, 15) is 26.4 Å². The number of nitrogens with two attached hydrogens (primary N) is 1. The SMILES string of the molecule is NS(=O)(=O)c1cc(NC(=O)Cc2ccccc2C(F)(F)F)ccc1-c1ccc(Cl)nc1. The molecule has 3 rings (SSSR count). The number of hydrogen-bond acceptors (Lipinski definition) is 4. The Bertz CT molecular complexity index is 1230. The summed E-state index contributed by atoms with van der Waals surface area (Å²) in [5, 5.41) is 7.92. The summed E-state index contributed by atoms with van der Waals surface area (Å²) in [6.07, 6.45) is -3.80. The fourth-order valence-electron chi connectivity index (χ4n) is 2.94. The van der Waals surface area contributed by atoms with Gasteiger partial charge < -0.3 is 5.32 Å². The Labute approximate surface area is 180 Å². The van der Waals surface area contributed by atoms with Gasteiger partial charge in [-0.05, 0) is 35.9 Å². The molecule has 0 unspecified atom stereocenters. The van der Waals surface area contributed by atoms with Crippen LogP contribution in [-0.2, 0) is 27.4 Å². The van der Waals surface area contributed by atoms with Crippen LogP contribution in [0.25, 0.3) is 11.1 Å². The smallest absolute Gasteiger partial charge is 0.326 e. The number of rotatable bonds is 5. The lowest BCUT2D eigenvalue weighted by atomic mass is 10.0. The first-order valence-electron chi connectivity index (χ1n) is 8.69. The monoisotopic (exact) mass is 469 g/mol. The first kappa shape index (κ1) is 22.7. The Morgan fingerprint density at radius 2 is 1.81 bits per heavy atom. The molecule has 1 heterocycles. The molecule has 0 aliphatic heterocycles. The van der Waals surface area contributed by atoms with Gasteiger partial charge in [0, 0.05) is 23.0 Å². The van der Waals surface area contributed by atoms with Crippen LogP contribution >= 0.6 is 11.6 Å². The molecular weight excluding hydrogens is 455 g/mol. The van der Waals surface area contributed by atoms with Gasteiger partial charge in [-0.3, -0.25) is 4.79 Å². The molecule has 162 valence electrons. The van der Waals surface area contributed by atoms with E-state index < -0.39 is 34.1 Å². The predicted molar refractivity (Wildman–Crippen MR) is 110 cm³/mol. The molecular formula is C20H15ClF3N3O3S. The number of halogens is 4. The Kier molecular flexibility index (Phi) is 6.35. The summed E-state index contributed by atoms with van der Waals surface area (Å²) >= 11 is 5.75. The molecule has 1 aromatic heterocycles. The maximum absolute atomic E-state index is 13.1. The molecule has 0 aliphatic rings. The zero-order chi connectivity index (χ0) is 22.8. The van der Waals surface area contributed by atoms with Crippen LogP contribution in [0, 0.1) is 0 Å². The number of hydrogen-bond donors (Lipinski definition) is 2. The summed E-state index contributed by atoms with van der Waals surface area (Å²) < 4.78 is 63.5. The quantitative estimate of drug-likeness (QED) is 0.545. The molecule has 1 amide bonds. The second-order valence-corrected chi connectivity index (χ2v) is 8.42. The minimum absolute atomic E-state index is 0.0594. The van der Waals surface area contributed by atoms with Crippen LogP contribution in [0.5, 0.6) is 0 Å². The lowest BCUT2D eigenvalue weighted by Gasteiger charge is -2.14. The van der Waals surface area contributed by atoms with Gasteiger partial charge in [-0.1, -0.05) is 35.9 Å². The number of amides is 1. The second-order valence-electron chi connectivity index (χ2n) is 6.51. The third-order valence-electron chi connectivity index (χ3n) is 4.28. The van der Waals surface area contributed by atoms with Crippen LogP contribution in [0.4, 0.5) is 18.9 Å². The number of nitrogens with one attached hydrogen (secondary N) is 1. The van der Waals surface area contributed by atoms with Crippen LogP contribution < -0.4 is 10.5 Å². The molecule has 0 radical (unpaired) electrons. The lowest BCUT2D eigenvalue weighted by Crippen LogP contribution is -2.19. The molecule has 3 aromatic rings. The molecule has 0 spiro atoms. The van der Waals surface area contributed by atoms with Gasteiger partial charge in [0.1, 0.15) is 5.15 Å². The topological polar surface area (TPSA) is 102 Å². The van der Waals surface area contributed by atoms with E-state index in [4.69, 9.17) is 16.7 Å². The molecule has 0 aliphatic carbocycles. The van der Waals surface area contributed by atoms with Gasteiger partial charge in [0.05, 0.1) is 16.9 Å². The van der Waals surface area contributed by atoms with E-state index in [1.54, 1.807) is 6.07 Å².